The summed E-state index contributed by atoms with van der Waals surface area (Å²) in [6, 6.07) is 8.00. The van der Waals surface area contributed by atoms with E-state index in [2.05, 4.69) is 26.8 Å². The molecule has 18 heavy (non-hydrogen) atoms. The second-order valence-corrected chi connectivity index (χ2v) is 6.07. The fourth-order valence-corrected chi connectivity index (χ4v) is 2.26. The first kappa shape index (κ1) is 13.3. The number of hydrogen-bond donors (Lipinski definition) is 1. The SMILES string of the molecule is Cc1cc(CC(C)(C)CN)nc2cc(Cl)ccc12. The van der Waals surface area contributed by atoms with Gasteiger partial charge in [0.25, 0.3) is 0 Å². The monoisotopic (exact) mass is 262 g/mol. The Balaban J connectivity index is 2.48. The molecule has 2 nitrogen and oxygen atoms in total. The molecule has 0 aliphatic heterocycles. The van der Waals surface area contributed by atoms with Gasteiger partial charge < -0.3 is 5.73 Å². The number of nitrogens with zero attached hydrogens (tertiary/aromatic N) is 1. The summed E-state index contributed by atoms with van der Waals surface area (Å²) in [5.41, 5.74) is 9.14. The Bertz CT molecular complexity index is 576. The lowest BCUT2D eigenvalue weighted by atomic mass is 9.87. The van der Waals surface area contributed by atoms with Gasteiger partial charge in [-0.3, -0.25) is 4.98 Å². The fourth-order valence-electron chi connectivity index (χ4n) is 2.10. The van der Waals surface area contributed by atoms with Gasteiger partial charge in [0.15, 0.2) is 0 Å². The molecular weight excluding hydrogens is 244 g/mol. The zero-order valence-corrected chi connectivity index (χ0v) is 11.9. The molecule has 1 heterocycles. The first-order valence-corrected chi connectivity index (χ1v) is 6.55. The average molecular weight is 263 g/mol. The zero-order valence-electron chi connectivity index (χ0n) is 11.1. The van der Waals surface area contributed by atoms with Crippen molar-refractivity contribution >= 4 is 22.5 Å². The number of fused-ring (bicyclic) bond motifs is 1. The van der Waals surface area contributed by atoms with E-state index in [0.29, 0.717) is 6.54 Å². The number of rotatable bonds is 3. The molecular formula is C15H19ClN2. The van der Waals surface area contributed by atoms with Crippen molar-refractivity contribution < 1.29 is 0 Å². The van der Waals surface area contributed by atoms with Crippen LogP contribution >= 0.6 is 11.6 Å². The standard InChI is InChI=1S/C15H19ClN2/c1-10-6-12(8-15(2,3)9-17)18-14-7-11(16)4-5-13(10)14/h4-7H,8-9,17H2,1-3H3. The van der Waals surface area contributed by atoms with E-state index >= 15 is 0 Å². The van der Waals surface area contributed by atoms with E-state index in [1.165, 1.54) is 5.56 Å². The summed E-state index contributed by atoms with van der Waals surface area (Å²) in [4.78, 5) is 4.69. The third-order valence-corrected chi connectivity index (χ3v) is 3.48. The van der Waals surface area contributed by atoms with E-state index in [0.717, 1.165) is 28.0 Å². The molecule has 0 atom stereocenters. The van der Waals surface area contributed by atoms with E-state index in [1.807, 2.05) is 18.2 Å². The predicted molar refractivity (Wildman–Crippen MR) is 78.0 cm³/mol. The topological polar surface area (TPSA) is 38.9 Å². The van der Waals surface area contributed by atoms with Crippen LogP contribution in [0.15, 0.2) is 24.3 Å². The first-order chi connectivity index (χ1) is 8.41. The molecule has 0 radical (unpaired) electrons. The van der Waals surface area contributed by atoms with Gasteiger partial charge in [0.1, 0.15) is 0 Å². The molecule has 0 fully saturated rings. The molecule has 3 heteroatoms. The number of benzene rings is 1. The number of nitrogens with two attached hydrogens (primary N) is 1. The van der Waals surface area contributed by atoms with Crippen molar-refractivity contribution in [2.75, 3.05) is 6.54 Å². The minimum atomic E-state index is 0.0751. The Labute approximate surface area is 113 Å². The molecule has 96 valence electrons. The zero-order chi connectivity index (χ0) is 13.3. The lowest BCUT2D eigenvalue weighted by Crippen LogP contribution is -2.26. The summed E-state index contributed by atoms with van der Waals surface area (Å²) in [6.07, 6.45) is 0.882. The van der Waals surface area contributed by atoms with Gasteiger partial charge >= 0.3 is 0 Å². The molecule has 0 unspecified atom stereocenters. The Morgan fingerprint density at radius 3 is 2.67 bits per heavy atom. The number of hydrogen-bond acceptors (Lipinski definition) is 2. The second-order valence-electron chi connectivity index (χ2n) is 5.64. The minimum absolute atomic E-state index is 0.0751. The Hall–Kier alpha value is -1.12. The lowest BCUT2D eigenvalue weighted by molar-refractivity contribution is 0.373. The van der Waals surface area contributed by atoms with Crippen LogP contribution in [0.4, 0.5) is 0 Å². The molecule has 0 saturated heterocycles. The molecule has 2 rings (SSSR count). The highest BCUT2D eigenvalue weighted by atomic mass is 35.5. The minimum Gasteiger partial charge on any atom is -0.330 e. The quantitative estimate of drug-likeness (QED) is 0.916. The molecule has 0 saturated carbocycles. The first-order valence-electron chi connectivity index (χ1n) is 6.17. The third kappa shape index (κ3) is 2.82. The number of pyridine rings is 1. The van der Waals surface area contributed by atoms with Gasteiger partial charge in [-0.25, -0.2) is 0 Å². The average Bonchev–Trinajstić information content (AvgIpc) is 2.27. The Kier molecular flexibility index (Phi) is 3.60. The number of halogens is 1. The van der Waals surface area contributed by atoms with Crippen LogP contribution in [0.2, 0.25) is 5.02 Å². The molecule has 2 aromatic rings. The second kappa shape index (κ2) is 4.87. The van der Waals surface area contributed by atoms with Crippen molar-refractivity contribution in [2.24, 2.45) is 11.1 Å². The maximum atomic E-state index is 6.02. The maximum absolute atomic E-state index is 6.02. The van der Waals surface area contributed by atoms with Gasteiger partial charge in [-0.1, -0.05) is 31.5 Å². The van der Waals surface area contributed by atoms with Crippen LogP contribution in [0.5, 0.6) is 0 Å². The van der Waals surface area contributed by atoms with Crippen LogP contribution in [-0.4, -0.2) is 11.5 Å². The number of aromatic nitrogens is 1. The van der Waals surface area contributed by atoms with Gasteiger partial charge in [-0.15, -0.1) is 0 Å². The van der Waals surface area contributed by atoms with Crippen molar-refractivity contribution in [1.29, 1.82) is 0 Å². The highest BCUT2D eigenvalue weighted by Crippen LogP contribution is 2.25. The van der Waals surface area contributed by atoms with Gasteiger partial charge in [0, 0.05) is 16.1 Å². The van der Waals surface area contributed by atoms with Crippen LogP contribution in [0.25, 0.3) is 10.9 Å². The van der Waals surface area contributed by atoms with Crippen LogP contribution in [0.3, 0.4) is 0 Å². The smallest absolute Gasteiger partial charge is 0.0722 e. The molecule has 0 aliphatic rings. The van der Waals surface area contributed by atoms with E-state index in [-0.39, 0.29) is 5.41 Å². The van der Waals surface area contributed by atoms with Crippen LogP contribution in [0, 0.1) is 12.3 Å². The van der Waals surface area contributed by atoms with Crippen molar-refractivity contribution in [3.63, 3.8) is 0 Å². The van der Waals surface area contributed by atoms with Crippen molar-refractivity contribution in [3.05, 3.63) is 40.5 Å². The lowest BCUT2D eigenvalue weighted by Gasteiger charge is -2.22. The Morgan fingerprint density at radius 1 is 1.28 bits per heavy atom. The molecule has 0 bridgehead atoms. The van der Waals surface area contributed by atoms with Crippen LogP contribution < -0.4 is 5.73 Å². The molecule has 1 aromatic heterocycles. The predicted octanol–water partition coefficient (Wildman–Crippen LogP) is 3.72. The summed E-state index contributed by atoms with van der Waals surface area (Å²) < 4.78 is 0. The fraction of sp³-hybridized carbons (Fsp3) is 0.400. The van der Waals surface area contributed by atoms with Crippen molar-refractivity contribution in [1.82, 2.24) is 4.98 Å². The summed E-state index contributed by atoms with van der Waals surface area (Å²) in [5, 5.41) is 1.89. The van der Waals surface area contributed by atoms with E-state index in [1.54, 1.807) is 0 Å². The third-order valence-electron chi connectivity index (χ3n) is 3.24. The largest absolute Gasteiger partial charge is 0.330 e. The van der Waals surface area contributed by atoms with E-state index in [9.17, 15) is 0 Å². The van der Waals surface area contributed by atoms with Crippen molar-refractivity contribution in [2.45, 2.75) is 27.2 Å². The normalized spacial score (nSPS) is 12.1. The molecule has 1 aromatic carbocycles. The number of aryl methyl sites for hydroxylation is 1. The Morgan fingerprint density at radius 2 is 2.00 bits per heavy atom. The summed E-state index contributed by atoms with van der Waals surface area (Å²) in [6.45, 7) is 7.08. The van der Waals surface area contributed by atoms with Gasteiger partial charge in [0.2, 0.25) is 0 Å². The molecule has 0 spiro atoms. The molecule has 0 amide bonds. The molecule has 2 N–H and O–H groups in total. The van der Waals surface area contributed by atoms with E-state index in [4.69, 9.17) is 22.3 Å². The molecule has 0 aliphatic carbocycles. The van der Waals surface area contributed by atoms with E-state index < -0.39 is 0 Å². The summed E-state index contributed by atoms with van der Waals surface area (Å²) in [7, 11) is 0. The maximum Gasteiger partial charge on any atom is 0.0722 e. The van der Waals surface area contributed by atoms with Crippen LogP contribution in [0.1, 0.15) is 25.1 Å². The highest BCUT2D eigenvalue weighted by molar-refractivity contribution is 6.31. The van der Waals surface area contributed by atoms with Crippen LogP contribution in [-0.2, 0) is 6.42 Å². The van der Waals surface area contributed by atoms with Gasteiger partial charge in [0.05, 0.1) is 5.52 Å². The summed E-state index contributed by atoms with van der Waals surface area (Å²) in [5.74, 6) is 0. The van der Waals surface area contributed by atoms with Gasteiger partial charge in [-0.05, 0) is 49.1 Å². The van der Waals surface area contributed by atoms with Crippen molar-refractivity contribution in [3.8, 4) is 0 Å². The summed E-state index contributed by atoms with van der Waals surface area (Å²) >= 11 is 6.02. The van der Waals surface area contributed by atoms with Gasteiger partial charge in [-0.2, -0.15) is 0 Å². The highest BCUT2D eigenvalue weighted by Gasteiger charge is 2.17.